The Morgan fingerprint density at radius 1 is 1.07 bits per heavy atom. The first-order valence-corrected chi connectivity index (χ1v) is 5.92. The van der Waals surface area contributed by atoms with Crippen LogP contribution in [0.5, 0.6) is 0 Å². The maximum atomic E-state index is 3.38. The molecule has 1 rings (SSSR count). The minimum atomic E-state index is 0.581. The third-order valence-electron chi connectivity index (χ3n) is 3.06. The lowest BCUT2D eigenvalue weighted by molar-refractivity contribution is 0.424. The number of aryl methyl sites for hydroxylation is 1. The third-order valence-corrected chi connectivity index (χ3v) is 3.06. The minimum absolute atomic E-state index is 0.581. The smallest absolute Gasteiger partial charge is 0.0127 e. The molecule has 0 saturated carbocycles. The molecular weight excluding hydrogens is 182 g/mol. The minimum Gasteiger partial charge on any atom is -0.316 e. The molecule has 0 radical (unpaired) electrons. The van der Waals surface area contributed by atoms with Crippen LogP contribution >= 0.6 is 0 Å². The Hall–Kier alpha value is -0.820. The summed E-state index contributed by atoms with van der Waals surface area (Å²) in [5.41, 5.74) is 2.85. The van der Waals surface area contributed by atoms with Crippen molar-refractivity contribution in [3.63, 3.8) is 0 Å². The SMILES string of the molecule is CCc1ccc(C[C@H](NC)C(C)C)cc1. The van der Waals surface area contributed by atoms with Crippen molar-refractivity contribution in [2.24, 2.45) is 5.92 Å². The van der Waals surface area contributed by atoms with Gasteiger partial charge in [0.1, 0.15) is 0 Å². The summed E-state index contributed by atoms with van der Waals surface area (Å²) in [7, 11) is 2.05. The normalized spacial score (nSPS) is 13.1. The van der Waals surface area contributed by atoms with E-state index in [1.54, 1.807) is 0 Å². The van der Waals surface area contributed by atoms with E-state index in [0.29, 0.717) is 12.0 Å². The Balaban J connectivity index is 2.63. The van der Waals surface area contributed by atoms with Crippen LogP contribution in [0.3, 0.4) is 0 Å². The maximum Gasteiger partial charge on any atom is 0.0127 e. The van der Waals surface area contributed by atoms with E-state index in [9.17, 15) is 0 Å². The van der Waals surface area contributed by atoms with Gasteiger partial charge in [-0.1, -0.05) is 45.0 Å². The summed E-state index contributed by atoms with van der Waals surface area (Å²) in [4.78, 5) is 0. The Labute approximate surface area is 93.9 Å². The van der Waals surface area contributed by atoms with Crippen molar-refractivity contribution in [2.45, 2.75) is 39.7 Å². The van der Waals surface area contributed by atoms with Gasteiger partial charge < -0.3 is 5.32 Å². The summed E-state index contributed by atoms with van der Waals surface area (Å²) < 4.78 is 0. The number of hydrogen-bond acceptors (Lipinski definition) is 1. The van der Waals surface area contributed by atoms with Crippen LogP contribution in [-0.4, -0.2) is 13.1 Å². The molecule has 1 heteroatoms. The Morgan fingerprint density at radius 2 is 1.60 bits per heavy atom. The fourth-order valence-electron chi connectivity index (χ4n) is 1.84. The van der Waals surface area contributed by atoms with Crippen LogP contribution in [0.2, 0.25) is 0 Å². The summed E-state index contributed by atoms with van der Waals surface area (Å²) in [5.74, 6) is 0.681. The molecule has 0 aliphatic rings. The van der Waals surface area contributed by atoms with Crippen molar-refractivity contribution in [2.75, 3.05) is 7.05 Å². The van der Waals surface area contributed by atoms with Gasteiger partial charge in [-0.3, -0.25) is 0 Å². The zero-order valence-electron chi connectivity index (χ0n) is 10.4. The number of rotatable bonds is 5. The van der Waals surface area contributed by atoms with Crippen molar-refractivity contribution < 1.29 is 0 Å². The highest BCUT2D eigenvalue weighted by Crippen LogP contribution is 2.11. The summed E-state index contributed by atoms with van der Waals surface area (Å²) in [6.45, 7) is 6.72. The van der Waals surface area contributed by atoms with Crippen molar-refractivity contribution in [1.82, 2.24) is 5.32 Å². The van der Waals surface area contributed by atoms with Crippen LogP contribution in [0.25, 0.3) is 0 Å². The number of likely N-dealkylation sites (N-methyl/N-ethyl adjacent to an activating group) is 1. The molecular formula is C14H23N. The van der Waals surface area contributed by atoms with Crippen LogP contribution in [-0.2, 0) is 12.8 Å². The molecule has 0 saturated heterocycles. The first-order valence-electron chi connectivity index (χ1n) is 5.92. The second-order valence-corrected chi connectivity index (χ2v) is 4.51. The molecule has 0 fully saturated rings. The van der Waals surface area contributed by atoms with E-state index < -0.39 is 0 Å². The van der Waals surface area contributed by atoms with Gasteiger partial charge >= 0.3 is 0 Å². The van der Waals surface area contributed by atoms with E-state index in [1.165, 1.54) is 11.1 Å². The average molecular weight is 205 g/mol. The van der Waals surface area contributed by atoms with Crippen molar-refractivity contribution in [1.29, 1.82) is 0 Å². The molecule has 1 aromatic carbocycles. The predicted octanol–water partition coefficient (Wildman–Crippen LogP) is 3.04. The topological polar surface area (TPSA) is 12.0 Å². The molecule has 0 heterocycles. The van der Waals surface area contributed by atoms with Crippen molar-refractivity contribution >= 4 is 0 Å². The van der Waals surface area contributed by atoms with Gasteiger partial charge in [0.15, 0.2) is 0 Å². The van der Waals surface area contributed by atoms with Gasteiger partial charge in [-0.25, -0.2) is 0 Å². The van der Waals surface area contributed by atoms with Gasteiger partial charge in [-0.05, 0) is 36.9 Å². The van der Waals surface area contributed by atoms with E-state index in [1.807, 2.05) is 7.05 Å². The Morgan fingerprint density at radius 3 is 2.00 bits per heavy atom. The van der Waals surface area contributed by atoms with Gasteiger partial charge in [0.05, 0.1) is 0 Å². The highest BCUT2D eigenvalue weighted by molar-refractivity contribution is 5.23. The van der Waals surface area contributed by atoms with Gasteiger partial charge in [0, 0.05) is 6.04 Å². The maximum absolute atomic E-state index is 3.38. The largest absolute Gasteiger partial charge is 0.316 e. The van der Waals surface area contributed by atoms with Gasteiger partial charge in [-0.15, -0.1) is 0 Å². The summed E-state index contributed by atoms with van der Waals surface area (Å²) in [5, 5.41) is 3.38. The predicted molar refractivity (Wildman–Crippen MR) is 67.2 cm³/mol. The Bertz CT molecular complexity index is 274. The monoisotopic (exact) mass is 205 g/mol. The third kappa shape index (κ3) is 3.67. The van der Waals surface area contributed by atoms with Gasteiger partial charge in [0.2, 0.25) is 0 Å². The quantitative estimate of drug-likeness (QED) is 0.779. The van der Waals surface area contributed by atoms with E-state index in [0.717, 1.165) is 12.8 Å². The second kappa shape index (κ2) is 5.92. The number of hydrogen-bond donors (Lipinski definition) is 1. The summed E-state index contributed by atoms with van der Waals surface area (Å²) in [6.07, 6.45) is 2.25. The van der Waals surface area contributed by atoms with E-state index >= 15 is 0 Å². The number of nitrogens with one attached hydrogen (secondary N) is 1. The zero-order chi connectivity index (χ0) is 11.3. The average Bonchev–Trinajstić information content (AvgIpc) is 2.26. The number of benzene rings is 1. The van der Waals surface area contributed by atoms with Crippen LogP contribution in [0.1, 0.15) is 31.9 Å². The molecule has 0 amide bonds. The van der Waals surface area contributed by atoms with E-state index in [-0.39, 0.29) is 0 Å². The van der Waals surface area contributed by atoms with Crippen LogP contribution in [0.4, 0.5) is 0 Å². The van der Waals surface area contributed by atoms with Crippen LogP contribution in [0.15, 0.2) is 24.3 Å². The van der Waals surface area contributed by atoms with Gasteiger partial charge in [-0.2, -0.15) is 0 Å². The fraction of sp³-hybridized carbons (Fsp3) is 0.571. The molecule has 1 atom stereocenters. The molecule has 15 heavy (non-hydrogen) atoms. The fourth-order valence-corrected chi connectivity index (χ4v) is 1.84. The summed E-state index contributed by atoms with van der Waals surface area (Å²) in [6, 6.07) is 9.57. The molecule has 1 N–H and O–H groups in total. The molecule has 1 aromatic rings. The lowest BCUT2D eigenvalue weighted by atomic mass is 9.96. The standard InChI is InChI=1S/C14H23N/c1-5-12-6-8-13(9-7-12)10-14(15-4)11(2)3/h6-9,11,14-15H,5,10H2,1-4H3/t14-/m0/s1. The molecule has 0 aliphatic heterocycles. The lowest BCUT2D eigenvalue weighted by Crippen LogP contribution is -2.32. The second-order valence-electron chi connectivity index (χ2n) is 4.51. The lowest BCUT2D eigenvalue weighted by Gasteiger charge is -2.20. The highest BCUT2D eigenvalue weighted by atomic mass is 14.9. The molecule has 0 bridgehead atoms. The molecule has 0 spiro atoms. The summed E-state index contributed by atoms with van der Waals surface area (Å²) >= 11 is 0. The molecule has 0 aromatic heterocycles. The van der Waals surface area contributed by atoms with E-state index in [4.69, 9.17) is 0 Å². The van der Waals surface area contributed by atoms with Crippen molar-refractivity contribution in [3.8, 4) is 0 Å². The van der Waals surface area contributed by atoms with Crippen molar-refractivity contribution in [3.05, 3.63) is 35.4 Å². The molecule has 0 aliphatic carbocycles. The first kappa shape index (κ1) is 12.3. The molecule has 84 valence electrons. The van der Waals surface area contributed by atoms with E-state index in [2.05, 4.69) is 50.4 Å². The highest BCUT2D eigenvalue weighted by Gasteiger charge is 2.10. The van der Waals surface area contributed by atoms with Crippen LogP contribution in [0, 0.1) is 5.92 Å². The first-order chi connectivity index (χ1) is 7.17. The molecule has 0 unspecified atom stereocenters. The molecule has 1 nitrogen and oxygen atoms in total. The van der Waals surface area contributed by atoms with Gasteiger partial charge in [0.25, 0.3) is 0 Å². The Kier molecular flexibility index (Phi) is 4.83. The zero-order valence-corrected chi connectivity index (χ0v) is 10.4. The van der Waals surface area contributed by atoms with Crippen LogP contribution < -0.4 is 5.32 Å².